The van der Waals surface area contributed by atoms with Gasteiger partial charge < -0.3 is 4.98 Å². The number of benzene rings is 2. The molecule has 1 aromatic heterocycles. The van der Waals surface area contributed by atoms with Gasteiger partial charge in [0.2, 0.25) is 0 Å². The van der Waals surface area contributed by atoms with Gasteiger partial charge in [-0.1, -0.05) is 30.3 Å². The van der Waals surface area contributed by atoms with E-state index in [-0.39, 0.29) is 5.78 Å². The number of nitrogens with one attached hydrogen (secondary N) is 1. The predicted octanol–water partition coefficient (Wildman–Crippen LogP) is 3.46. The largest absolute Gasteiger partial charge is 0.360 e. The third-order valence-electron chi connectivity index (χ3n) is 3.32. The molecule has 0 saturated carbocycles. The first-order chi connectivity index (χ1) is 9.78. The third-order valence-corrected chi connectivity index (χ3v) is 3.32. The van der Waals surface area contributed by atoms with Gasteiger partial charge in [0.15, 0.2) is 5.78 Å². The zero-order chi connectivity index (χ0) is 13.9. The van der Waals surface area contributed by atoms with Crippen LogP contribution in [-0.4, -0.2) is 10.8 Å². The number of carbonyl (C=O) groups excluding carboxylic acids is 1. The summed E-state index contributed by atoms with van der Waals surface area (Å²) in [5.41, 5.74) is 3.07. The maximum atomic E-state index is 12.4. The van der Waals surface area contributed by atoms with Crippen LogP contribution in [0.15, 0.2) is 54.7 Å². The Labute approximate surface area is 116 Å². The molecule has 0 fully saturated rings. The molecule has 0 amide bonds. The first kappa shape index (κ1) is 12.2. The summed E-state index contributed by atoms with van der Waals surface area (Å²) in [4.78, 5) is 15.5. The van der Waals surface area contributed by atoms with E-state index in [1.807, 2.05) is 36.4 Å². The highest BCUT2D eigenvalue weighted by Crippen LogP contribution is 2.21. The Hall–Kier alpha value is -2.86. The van der Waals surface area contributed by atoms with E-state index in [2.05, 4.69) is 11.1 Å². The van der Waals surface area contributed by atoms with Crippen molar-refractivity contribution in [3.05, 3.63) is 71.4 Å². The fraction of sp³-hybridized carbons (Fsp3) is 0.0588. The van der Waals surface area contributed by atoms with Crippen LogP contribution < -0.4 is 0 Å². The first-order valence-electron chi connectivity index (χ1n) is 6.36. The highest BCUT2D eigenvalue weighted by atomic mass is 16.1. The fourth-order valence-electron chi connectivity index (χ4n) is 2.30. The third kappa shape index (κ3) is 2.19. The van der Waals surface area contributed by atoms with Crippen molar-refractivity contribution < 1.29 is 4.79 Å². The summed E-state index contributed by atoms with van der Waals surface area (Å²) < 4.78 is 0. The summed E-state index contributed by atoms with van der Waals surface area (Å²) in [5.74, 6) is 0.0533. The average Bonchev–Trinajstić information content (AvgIpc) is 2.91. The van der Waals surface area contributed by atoms with Crippen LogP contribution in [0.3, 0.4) is 0 Å². The molecule has 96 valence electrons. The van der Waals surface area contributed by atoms with Gasteiger partial charge in [0, 0.05) is 29.1 Å². The molecule has 3 nitrogen and oxygen atoms in total. The van der Waals surface area contributed by atoms with E-state index >= 15 is 0 Å². The molecule has 3 rings (SSSR count). The number of aromatic amines is 1. The number of nitriles is 1. The Morgan fingerprint density at radius 3 is 2.70 bits per heavy atom. The number of Topliss-reactive ketones (excluding diaryl/α,β-unsaturated/α-hetero) is 1. The van der Waals surface area contributed by atoms with Crippen LogP contribution in [0.25, 0.3) is 10.9 Å². The number of carbonyl (C=O) groups is 1. The topological polar surface area (TPSA) is 56.6 Å². The quantitative estimate of drug-likeness (QED) is 0.733. The van der Waals surface area contributed by atoms with E-state index in [4.69, 9.17) is 5.26 Å². The fourth-order valence-corrected chi connectivity index (χ4v) is 2.30. The molecule has 0 atom stereocenters. The van der Waals surface area contributed by atoms with Crippen LogP contribution in [0.1, 0.15) is 21.5 Å². The summed E-state index contributed by atoms with van der Waals surface area (Å²) in [6, 6.07) is 17.1. The second-order valence-corrected chi connectivity index (χ2v) is 4.66. The van der Waals surface area contributed by atoms with Crippen LogP contribution in [0.5, 0.6) is 0 Å². The van der Waals surface area contributed by atoms with Gasteiger partial charge in [-0.2, -0.15) is 5.26 Å². The molecule has 0 aliphatic rings. The smallest absolute Gasteiger partial charge is 0.169 e. The molecule has 0 aliphatic carbocycles. The van der Waals surface area contributed by atoms with Gasteiger partial charge in [0.05, 0.1) is 11.6 Å². The van der Waals surface area contributed by atoms with Crippen LogP contribution in [0.4, 0.5) is 0 Å². The van der Waals surface area contributed by atoms with Crippen molar-refractivity contribution in [1.29, 1.82) is 5.26 Å². The Balaban J connectivity index is 1.98. The molecule has 0 aliphatic heterocycles. The summed E-state index contributed by atoms with van der Waals surface area (Å²) in [6.07, 6.45) is 2.08. The molecular weight excluding hydrogens is 248 g/mol. The number of fused-ring (bicyclic) bond motifs is 1. The van der Waals surface area contributed by atoms with Crippen molar-refractivity contribution in [2.24, 2.45) is 0 Å². The monoisotopic (exact) mass is 260 g/mol. The van der Waals surface area contributed by atoms with E-state index < -0.39 is 0 Å². The lowest BCUT2D eigenvalue weighted by Gasteiger charge is -2.00. The second-order valence-electron chi connectivity index (χ2n) is 4.66. The molecule has 20 heavy (non-hydrogen) atoms. The predicted molar refractivity (Wildman–Crippen MR) is 77.5 cm³/mol. The Kier molecular flexibility index (Phi) is 3.06. The van der Waals surface area contributed by atoms with Gasteiger partial charge >= 0.3 is 0 Å². The standard InChI is InChI=1S/C17H12N2O/c18-10-13-6-7-16-14(8-13)15(11-19-16)17(20)9-12-4-2-1-3-5-12/h1-8,11,19H,9H2. The zero-order valence-corrected chi connectivity index (χ0v) is 10.8. The van der Waals surface area contributed by atoms with Crippen LogP contribution in [-0.2, 0) is 6.42 Å². The lowest BCUT2D eigenvalue weighted by molar-refractivity contribution is 0.0994. The molecule has 0 saturated heterocycles. The minimum atomic E-state index is 0.0533. The molecule has 0 bridgehead atoms. The minimum Gasteiger partial charge on any atom is -0.360 e. The van der Waals surface area contributed by atoms with Crippen molar-refractivity contribution in [2.45, 2.75) is 6.42 Å². The van der Waals surface area contributed by atoms with E-state index in [0.29, 0.717) is 17.5 Å². The highest BCUT2D eigenvalue weighted by Gasteiger charge is 2.13. The van der Waals surface area contributed by atoms with Crippen molar-refractivity contribution in [3.8, 4) is 6.07 Å². The Morgan fingerprint density at radius 1 is 1.15 bits per heavy atom. The Morgan fingerprint density at radius 2 is 1.95 bits per heavy atom. The molecule has 0 spiro atoms. The van der Waals surface area contributed by atoms with Gasteiger partial charge in [0.1, 0.15) is 0 Å². The van der Waals surface area contributed by atoms with E-state index in [1.165, 1.54) is 0 Å². The van der Waals surface area contributed by atoms with Gasteiger partial charge in [0.25, 0.3) is 0 Å². The van der Waals surface area contributed by atoms with Crippen molar-refractivity contribution in [3.63, 3.8) is 0 Å². The summed E-state index contributed by atoms with van der Waals surface area (Å²) >= 11 is 0. The lowest BCUT2D eigenvalue weighted by atomic mass is 10.0. The second kappa shape index (κ2) is 5.02. The number of aromatic nitrogens is 1. The Bertz CT molecular complexity index is 810. The number of ketones is 1. The minimum absolute atomic E-state index is 0.0533. The van der Waals surface area contributed by atoms with Gasteiger partial charge in [-0.25, -0.2) is 0 Å². The molecule has 0 radical (unpaired) electrons. The van der Waals surface area contributed by atoms with Crippen molar-refractivity contribution in [1.82, 2.24) is 4.98 Å². The van der Waals surface area contributed by atoms with Crippen molar-refractivity contribution >= 4 is 16.7 Å². The lowest BCUT2D eigenvalue weighted by Crippen LogP contribution is -2.02. The van der Waals surface area contributed by atoms with Gasteiger partial charge in [-0.15, -0.1) is 0 Å². The van der Waals surface area contributed by atoms with E-state index in [1.54, 1.807) is 18.3 Å². The molecule has 1 N–H and O–H groups in total. The normalized spacial score (nSPS) is 10.3. The van der Waals surface area contributed by atoms with Crippen LogP contribution in [0, 0.1) is 11.3 Å². The first-order valence-corrected chi connectivity index (χ1v) is 6.36. The molecular formula is C17H12N2O. The summed E-state index contributed by atoms with van der Waals surface area (Å²) in [5, 5.41) is 9.76. The van der Waals surface area contributed by atoms with Crippen LogP contribution >= 0.6 is 0 Å². The maximum absolute atomic E-state index is 12.4. The SMILES string of the molecule is N#Cc1ccc2[nH]cc(C(=O)Cc3ccccc3)c2c1. The number of nitrogens with zero attached hydrogens (tertiary/aromatic N) is 1. The molecule has 3 aromatic rings. The van der Waals surface area contributed by atoms with Crippen molar-refractivity contribution in [2.75, 3.05) is 0 Å². The molecule has 0 unspecified atom stereocenters. The van der Waals surface area contributed by atoms with E-state index in [0.717, 1.165) is 16.5 Å². The van der Waals surface area contributed by atoms with Gasteiger partial charge in [-0.3, -0.25) is 4.79 Å². The van der Waals surface area contributed by atoms with E-state index in [9.17, 15) is 4.79 Å². The number of hydrogen-bond donors (Lipinski definition) is 1. The zero-order valence-electron chi connectivity index (χ0n) is 10.8. The molecule has 1 heterocycles. The maximum Gasteiger partial charge on any atom is 0.169 e. The number of H-pyrrole nitrogens is 1. The summed E-state index contributed by atoms with van der Waals surface area (Å²) in [7, 11) is 0. The van der Waals surface area contributed by atoms with Crippen LogP contribution in [0.2, 0.25) is 0 Å². The van der Waals surface area contributed by atoms with Gasteiger partial charge in [-0.05, 0) is 23.8 Å². The molecule has 3 heteroatoms. The molecule has 2 aromatic carbocycles. The highest BCUT2D eigenvalue weighted by molar-refractivity contribution is 6.08. The average molecular weight is 260 g/mol. The number of hydrogen-bond acceptors (Lipinski definition) is 2. The number of rotatable bonds is 3. The summed E-state index contributed by atoms with van der Waals surface area (Å²) in [6.45, 7) is 0.